The second-order valence-corrected chi connectivity index (χ2v) is 13.3. The van der Waals surface area contributed by atoms with E-state index in [-0.39, 0.29) is 61.7 Å². The SMILES string of the molecule is CN(C)C(=O)CSc1ccccc1C(=O)N1CCN(S(=O)(=O)[C@H]2CCS(=O)(=O)C2)CC1. The van der Waals surface area contributed by atoms with E-state index in [0.717, 1.165) is 0 Å². The van der Waals surface area contributed by atoms with Crippen molar-refractivity contribution in [3.05, 3.63) is 29.8 Å². The molecule has 0 unspecified atom stereocenters. The fourth-order valence-corrected chi connectivity index (χ4v) is 9.10. The van der Waals surface area contributed by atoms with Crippen molar-refractivity contribution < 1.29 is 26.4 Å². The summed E-state index contributed by atoms with van der Waals surface area (Å²) in [6, 6.07) is 7.06. The van der Waals surface area contributed by atoms with Gasteiger partial charge in [-0.05, 0) is 18.6 Å². The highest BCUT2D eigenvalue weighted by Crippen LogP contribution is 2.26. The van der Waals surface area contributed by atoms with Crippen molar-refractivity contribution in [2.24, 2.45) is 0 Å². The summed E-state index contributed by atoms with van der Waals surface area (Å²) in [5.74, 6) is -0.473. The number of thioether (sulfide) groups is 1. The Labute approximate surface area is 187 Å². The Morgan fingerprint density at radius 3 is 2.35 bits per heavy atom. The van der Waals surface area contributed by atoms with Gasteiger partial charge >= 0.3 is 0 Å². The first-order valence-electron chi connectivity index (χ1n) is 9.92. The molecule has 2 aliphatic heterocycles. The molecule has 0 bridgehead atoms. The topological polar surface area (TPSA) is 112 Å². The number of amides is 2. The second-order valence-electron chi connectivity index (χ2n) is 7.83. The monoisotopic (exact) mass is 489 g/mol. The zero-order valence-electron chi connectivity index (χ0n) is 17.6. The van der Waals surface area contributed by atoms with E-state index in [9.17, 15) is 26.4 Å². The van der Waals surface area contributed by atoms with Crippen molar-refractivity contribution in [1.29, 1.82) is 0 Å². The van der Waals surface area contributed by atoms with Gasteiger partial charge in [0.1, 0.15) is 0 Å². The Kier molecular flexibility index (Phi) is 7.34. The number of rotatable bonds is 6. The Morgan fingerprint density at radius 1 is 1.13 bits per heavy atom. The van der Waals surface area contributed by atoms with Crippen LogP contribution in [0.3, 0.4) is 0 Å². The molecule has 3 rings (SSSR count). The summed E-state index contributed by atoms with van der Waals surface area (Å²) in [7, 11) is -3.66. The molecule has 2 heterocycles. The highest BCUT2D eigenvalue weighted by Gasteiger charge is 2.41. The van der Waals surface area contributed by atoms with Gasteiger partial charge in [0.05, 0.1) is 28.1 Å². The Bertz CT molecular complexity index is 1050. The molecule has 2 fully saturated rings. The molecule has 2 aliphatic rings. The molecule has 1 atom stereocenters. The lowest BCUT2D eigenvalue weighted by Gasteiger charge is -2.35. The molecule has 1 aromatic rings. The number of piperazine rings is 1. The molecule has 2 saturated heterocycles. The van der Waals surface area contributed by atoms with Crippen molar-refractivity contribution in [2.45, 2.75) is 16.6 Å². The minimum Gasteiger partial charge on any atom is -0.348 e. The minimum atomic E-state index is -3.71. The number of carbonyl (C=O) groups excluding carboxylic acids is 2. The van der Waals surface area contributed by atoms with E-state index in [1.165, 1.54) is 21.0 Å². The zero-order valence-corrected chi connectivity index (χ0v) is 20.0. The minimum absolute atomic E-state index is 0.0556. The maximum atomic E-state index is 13.1. The summed E-state index contributed by atoms with van der Waals surface area (Å²) in [6.07, 6.45) is 0.125. The maximum Gasteiger partial charge on any atom is 0.255 e. The highest BCUT2D eigenvalue weighted by atomic mass is 32.2. The molecule has 0 saturated carbocycles. The van der Waals surface area contributed by atoms with E-state index in [4.69, 9.17) is 0 Å². The number of hydrogen-bond acceptors (Lipinski definition) is 7. The summed E-state index contributed by atoms with van der Waals surface area (Å²) in [6.45, 7) is 0.735. The molecule has 0 radical (unpaired) electrons. The fourth-order valence-electron chi connectivity index (χ4n) is 3.56. The summed E-state index contributed by atoms with van der Waals surface area (Å²) < 4.78 is 50.2. The number of benzene rings is 1. The molecule has 0 spiro atoms. The highest BCUT2D eigenvalue weighted by molar-refractivity contribution is 8.00. The summed E-state index contributed by atoms with van der Waals surface area (Å²) in [4.78, 5) is 28.8. The molecular weight excluding hydrogens is 462 g/mol. The van der Waals surface area contributed by atoms with Gasteiger partial charge in [0, 0.05) is 45.2 Å². The third-order valence-corrected chi connectivity index (χ3v) is 10.8. The first kappa shape index (κ1) is 24.0. The largest absolute Gasteiger partial charge is 0.348 e. The van der Waals surface area contributed by atoms with Gasteiger partial charge in [-0.3, -0.25) is 9.59 Å². The summed E-state index contributed by atoms with van der Waals surface area (Å²) >= 11 is 1.30. The van der Waals surface area contributed by atoms with Gasteiger partial charge in [-0.1, -0.05) is 12.1 Å². The molecule has 0 aliphatic carbocycles. The zero-order chi connectivity index (χ0) is 22.8. The number of sulfone groups is 1. The van der Waals surface area contributed by atoms with Crippen LogP contribution in [0.1, 0.15) is 16.8 Å². The molecule has 0 aromatic heterocycles. The van der Waals surface area contributed by atoms with Gasteiger partial charge in [-0.2, -0.15) is 4.31 Å². The van der Waals surface area contributed by atoms with Crippen molar-refractivity contribution in [1.82, 2.24) is 14.1 Å². The molecule has 1 aromatic carbocycles. The number of nitrogens with zero attached hydrogens (tertiary/aromatic N) is 3. The first-order chi connectivity index (χ1) is 14.5. The smallest absolute Gasteiger partial charge is 0.255 e. The van der Waals surface area contributed by atoms with Gasteiger partial charge in [0.2, 0.25) is 15.9 Å². The van der Waals surface area contributed by atoms with Crippen LogP contribution < -0.4 is 0 Å². The maximum absolute atomic E-state index is 13.1. The summed E-state index contributed by atoms with van der Waals surface area (Å²) in [5, 5.41) is -0.897. The normalized spacial score (nSPS) is 21.7. The Morgan fingerprint density at radius 2 is 1.77 bits per heavy atom. The molecule has 31 heavy (non-hydrogen) atoms. The van der Waals surface area contributed by atoms with Gasteiger partial charge in [0.15, 0.2) is 9.84 Å². The van der Waals surface area contributed by atoms with E-state index in [1.807, 2.05) is 0 Å². The van der Waals surface area contributed by atoms with E-state index in [0.29, 0.717) is 10.5 Å². The average molecular weight is 490 g/mol. The van der Waals surface area contributed by atoms with Crippen LogP contribution in [-0.2, 0) is 24.7 Å². The Balaban J connectivity index is 1.64. The number of hydrogen-bond donors (Lipinski definition) is 0. The van der Waals surface area contributed by atoms with Crippen LogP contribution in [0.5, 0.6) is 0 Å². The average Bonchev–Trinajstić information content (AvgIpc) is 3.12. The predicted octanol–water partition coefficient (Wildman–Crippen LogP) is 0.142. The van der Waals surface area contributed by atoms with Crippen LogP contribution in [0.15, 0.2) is 29.2 Å². The molecule has 2 amide bonds. The predicted molar refractivity (Wildman–Crippen MR) is 119 cm³/mol. The van der Waals surface area contributed by atoms with Crippen molar-refractivity contribution in [2.75, 3.05) is 57.5 Å². The lowest BCUT2D eigenvalue weighted by molar-refractivity contribution is -0.125. The third-order valence-electron chi connectivity index (χ3n) is 5.47. The van der Waals surface area contributed by atoms with Crippen molar-refractivity contribution in [3.63, 3.8) is 0 Å². The molecule has 9 nitrogen and oxygen atoms in total. The lowest BCUT2D eigenvalue weighted by Crippen LogP contribution is -2.52. The second kappa shape index (κ2) is 9.47. The summed E-state index contributed by atoms with van der Waals surface area (Å²) in [5.41, 5.74) is 0.484. The fraction of sp³-hybridized carbons (Fsp3) is 0.579. The number of sulfonamides is 1. The van der Waals surface area contributed by atoms with Gasteiger partial charge in [-0.25, -0.2) is 16.8 Å². The van der Waals surface area contributed by atoms with Crippen LogP contribution in [0, 0.1) is 0 Å². The van der Waals surface area contributed by atoms with E-state index in [1.54, 1.807) is 43.3 Å². The van der Waals surface area contributed by atoms with Gasteiger partial charge in [0.25, 0.3) is 5.91 Å². The van der Waals surface area contributed by atoms with E-state index < -0.39 is 25.1 Å². The van der Waals surface area contributed by atoms with E-state index in [2.05, 4.69) is 0 Å². The van der Waals surface area contributed by atoms with Crippen LogP contribution >= 0.6 is 11.8 Å². The standard InChI is InChI=1S/C19H27N3O6S3/c1-20(2)18(23)13-29-17-6-4-3-5-16(17)19(24)21-8-10-22(11-9-21)31(27,28)15-7-12-30(25,26)14-15/h3-6,15H,7-14H2,1-2H3/t15-/m0/s1. The quantitative estimate of drug-likeness (QED) is 0.523. The number of carbonyl (C=O) groups is 2. The van der Waals surface area contributed by atoms with Crippen molar-refractivity contribution in [3.8, 4) is 0 Å². The first-order valence-corrected chi connectivity index (χ1v) is 14.2. The van der Waals surface area contributed by atoms with Crippen LogP contribution in [0.25, 0.3) is 0 Å². The van der Waals surface area contributed by atoms with E-state index >= 15 is 0 Å². The van der Waals surface area contributed by atoms with Gasteiger partial charge in [-0.15, -0.1) is 11.8 Å². The molecule has 172 valence electrons. The van der Waals surface area contributed by atoms with Crippen LogP contribution in [-0.4, -0.2) is 106 Å². The van der Waals surface area contributed by atoms with Gasteiger partial charge < -0.3 is 9.80 Å². The van der Waals surface area contributed by atoms with Crippen LogP contribution in [0.4, 0.5) is 0 Å². The molecular formula is C19H27N3O6S3. The van der Waals surface area contributed by atoms with Crippen molar-refractivity contribution >= 4 is 43.4 Å². The molecule has 12 heteroatoms. The third kappa shape index (κ3) is 5.60. The lowest BCUT2D eigenvalue weighted by atomic mass is 10.2. The molecule has 0 N–H and O–H groups in total. The Hall–Kier alpha value is -1.63. The van der Waals surface area contributed by atoms with Crippen LogP contribution in [0.2, 0.25) is 0 Å².